The average molecular weight is 231 g/mol. The zero-order valence-electron chi connectivity index (χ0n) is 10.1. The van der Waals surface area contributed by atoms with E-state index in [0.717, 1.165) is 5.75 Å². The summed E-state index contributed by atoms with van der Waals surface area (Å²) in [5.41, 5.74) is 0. The molecule has 0 heterocycles. The fourth-order valence-corrected chi connectivity index (χ4v) is 1.42. The number of carbonyl (C=O) groups is 1. The number of benzene rings is 1. The van der Waals surface area contributed by atoms with E-state index in [2.05, 4.69) is 5.92 Å². The van der Waals surface area contributed by atoms with Crippen LogP contribution in [-0.4, -0.2) is 30.5 Å². The van der Waals surface area contributed by atoms with Crippen LogP contribution >= 0.6 is 0 Å². The molecule has 0 aliphatic carbocycles. The zero-order chi connectivity index (χ0) is 12.5. The van der Waals surface area contributed by atoms with Crippen LogP contribution in [-0.2, 0) is 4.79 Å². The highest BCUT2D eigenvalue weighted by atomic mass is 16.5. The number of ether oxygens (including phenoxy) is 1. The first-order chi connectivity index (χ1) is 8.27. The molecule has 0 unspecified atom stereocenters. The lowest BCUT2D eigenvalue weighted by atomic mass is 10.3. The second-order valence-corrected chi connectivity index (χ2v) is 3.52. The lowest BCUT2D eigenvalue weighted by Gasteiger charge is -2.17. The van der Waals surface area contributed by atoms with Gasteiger partial charge in [-0.3, -0.25) is 4.79 Å². The quantitative estimate of drug-likeness (QED) is 0.700. The molecule has 0 fully saturated rings. The number of hydrogen-bond acceptors (Lipinski definition) is 2. The maximum atomic E-state index is 11.7. The van der Waals surface area contributed by atoms with Gasteiger partial charge in [0, 0.05) is 6.54 Å². The molecule has 1 aromatic carbocycles. The molecule has 0 aliphatic rings. The van der Waals surface area contributed by atoms with Gasteiger partial charge in [-0.1, -0.05) is 24.1 Å². The Morgan fingerprint density at radius 2 is 2.12 bits per heavy atom. The van der Waals surface area contributed by atoms with Gasteiger partial charge in [0.2, 0.25) is 5.91 Å². The molecule has 0 radical (unpaired) electrons. The summed E-state index contributed by atoms with van der Waals surface area (Å²) in [5, 5.41) is 0. The average Bonchev–Trinajstić information content (AvgIpc) is 2.37. The molecule has 1 rings (SSSR count). The molecule has 0 saturated carbocycles. The molecule has 0 aliphatic heterocycles. The normalized spacial score (nSPS) is 9.41. The molecule has 0 saturated heterocycles. The van der Waals surface area contributed by atoms with Crippen molar-refractivity contribution in [2.75, 3.05) is 19.7 Å². The summed E-state index contributed by atoms with van der Waals surface area (Å²) in [6.07, 6.45) is 5.54. The van der Waals surface area contributed by atoms with Gasteiger partial charge in [-0.15, -0.1) is 6.42 Å². The van der Waals surface area contributed by atoms with Crippen LogP contribution in [0.25, 0.3) is 0 Å². The monoisotopic (exact) mass is 231 g/mol. The van der Waals surface area contributed by atoms with Crippen molar-refractivity contribution in [1.29, 1.82) is 0 Å². The third kappa shape index (κ3) is 4.60. The molecule has 0 aromatic heterocycles. The standard InChI is InChI=1S/C14H17NO2/c1-3-11-15(4-2)14(16)10-12-17-13-8-6-5-7-9-13/h1,5-9H,4,10-12H2,2H3. The maximum absolute atomic E-state index is 11.7. The molecule has 1 aromatic rings. The first-order valence-corrected chi connectivity index (χ1v) is 5.67. The van der Waals surface area contributed by atoms with Crippen LogP contribution < -0.4 is 4.74 Å². The largest absolute Gasteiger partial charge is 0.493 e. The molecule has 90 valence electrons. The van der Waals surface area contributed by atoms with Crippen LogP contribution in [0.4, 0.5) is 0 Å². The number of para-hydroxylation sites is 1. The molecular weight excluding hydrogens is 214 g/mol. The Kier molecular flexibility index (Phi) is 5.67. The fraction of sp³-hybridized carbons (Fsp3) is 0.357. The molecule has 0 bridgehead atoms. The second kappa shape index (κ2) is 7.34. The van der Waals surface area contributed by atoms with Gasteiger partial charge < -0.3 is 9.64 Å². The Hall–Kier alpha value is -1.95. The number of rotatable bonds is 6. The Labute approximate surface area is 102 Å². The van der Waals surface area contributed by atoms with Crippen LogP contribution in [0.15, 0.2) is 30.3 Å². The number of amides is 1. The van der Waals surface area contributed by atoms with E-state index >= 15 is 0 Å². The Morgan fingerprint density at radius 1 is 1.41 bits per heavy atom. The Balaban J connectivity index is 2.31. The summed E-state index contributed by atoms with van der Waals surface area (Å²) in [4.78, 5) is 13.3. The van der Waals surface area contributed by atoms with E-state index in [9.17, 15) is 4.79 Å². The van der Waals surface area contributed by atoms with E-state index in [-0.39, 0.29) is 5.91 Å². The summed E-state index contributed by atoms with van der Waals surface area (Å²) >= 11 is 0. The van der Waals surface area contributed by atoms with Gasteiger partial charge in [0.15, 0.2) is 0 Å². The SMILES string of the molecule is C#CCN(CC)C(=O)CCOc1ccccc1. The second-order valence-electron chi connectivity index (χ2n) is 3.52. The van der Waals surface area contributed by atoms with Crippen molar-refractivity contribution in [1.82, 2.24) is 4.90 Å². The smallest absolute Gasteiger partial charge is 0.226 e. The van der Waals surface area contributed by atoms with Crippen molar-refractivity contribution in [3.63, 3.8) is 0 Å². The summed E-state index contributed by atoms with van der Waals surface area (Å²) in [7, 11) is 0. The number of carbonyl (C=O) groups excluding carboxylic acids is 1. The number of nitrogens with zero attached hydrogens (tertiary/aromatic N) is 1. The highest BCUT2D eigenvalue weighted by Crippen LogP contribution is 2.08. The topological polar surface area (TPSA) is 29.5 Å². The highest BCUT2D eigenvalue weighted by molar-refractivity contribution is 5.76. The zero-order valence-corrected chi connectivity index (χ0v) is 10.1. The van der Waals surface area contributed by atoms with Crippen molar-refractivity contribution in [3.8, 4) is 18.1 Å². The first kappa shape index (κ1) is 13.1. The summed E-state index contributed by atoms with van der Waals surface area (Å²) in [6, 6.07) is 9.44. The fourth-order valence-electron chi connectivity index (χ4n) is 1.42. The predicted octanol–water partition coefficient (Wildman–Crippen LogP) is 1.94. The van der Waals surface area contributed by atoms with Gasteiger partial charge >= 0.3 is 0 Å². The number of hydrogen-bond donors (Lipinski definition) is 0. The third-order valence-corrected chi connectivity index (χ3v) is 2.34. The molecule has 3 heteroatoms. The van der Waals surface area contributed by atoms with E-state index in [1.165, 1.54) is 0 Å². The van der Waals surface area contributed by atoms with Crippen LogP contribution in [0, 0.1) is 12.3 Å². The lowest BCUT2D eigenvalue weighted by Crippen LogP contribution is -2.32. The minimum atomic E-state index is 0.0291. The van der Waals surface area contributed by atoms with Gasteiger partial charge in [-0.05, 0) is 19.1 Å². The Morgan fingerprint density at radius 3 is 2.71 bits per heavy atom. The van der Waals surface area contributed by atoms with Gasteiger partial charge in [0.1, 0.15) is 5.75 Å². The molecule has 1 amide bonds. The third-order valence-electron chi connectivity index (χ3n) is 2.34. The minimum Gasteiger partial charge on any atom is -0.493 e. The van der Waals surface area contributed by atoms with E-state index in [0.29, 0.717) is 26.1 Å². The van der Waals surface area contributed by atoms with E-state index in [4.69, 9.17) is 11.2 Å². The van der Waals surface area contributed by atoms with Gasteiger partial charge in [0.05, 0.1) is 19.6 Å². The summed E-state index contributed by atoms with van der Waals surface area (Å²) < 4.78 is 5.45. The Bertz CT molecular complexity index is 381. The van der Waals surface area contributed by atoms with Crippen molar-refractivity contribution in [3.05, 3.63) is 30.3 Å². The van der Waals surface area contributed by atoms with Crippen molar-refractivity contribution < 1.29 is 9.53 Å². The van der Waals surface area contributed by atoms with Crippen molar-refractivity contribution in [2.45, 2.75) is 13.3 Å². The first-order valence-electron chi connectivity index (χ1n) is 5.67. The molecule has 3 nitrogen and oxygen atoms in total. The maximum Gasteiger partial charge on any atom is 0.226 e. The molecule has 0 atom stereocenters. The molecular formula is C14H17NO2. The lowest BCUT2D eigenvalue weighted by molar-refractivity contribution is -0.130. The molecule has 17 heavy (non-hydrogen) atoms. The number of terminal acetylenes is 1. The van der Waals surface area contributed by atoms with Crippen molar-refractivity contribution in [2.24, 2.45) is 0 Å². The van der Waals surface area contributed by atoms with Crippen LogP contribution in [0.1, 0.15) is 13.3 Å². The van der Waals surface area contributed by atoms with Crippen LogP contribution in [0.2, 0.25) is 0 Å². The minimum absolute atomic E-state index is 0.0291. The van der Waals surface area contributed by atoms with Crippen LogP contribution in [0.5, 0.6) is 5.75 Å². The van der Waals surface area contributed by atoms with Crippen molar-refractivity contribution >= 4 is 5.91 Å². The van der Waals surface area contributed by atoms with Crippen LogP contribution in [0.3, 0.4) is 0 Å². The van der Waals surface area contributed by atoms with Gasteiger partial charge in [0.25, 0.3) is 0 Å². The van der Waals surface area contributed by atoms with Gasteiger partial charge in [-0.25, -0.2) is 0 Å². The highest BCUT2D eigenvalue weighted by Gasteiger charge is 2.09. The summed E-state index contributed by atoms with van der Waals surface area (Å²) in [5.74, 6) is 3.28. The predicted molar refractivity (Wildman–Crippen MR) is 67.6 cm³/mol. The van der Waals surface area contributed by atoms with E-state index in [1.54, 1.807) is 4.90 Å². The van der Waals surface area contributed by atoms with E-state index < -0.39 is 0 Å². The summed E-state index contributed by atoms with van der Waals surface area (Å²) in [6.45, 7) is 3.28. The molecule has 0 spiro atoms. The molecule has 0 N–H and O–H groups in total. The van der Waals surface area contributed by atoms with E-state index in [1.807, 2.05) is 37.3 Å². The van der Waals surface area contributed by atoms with Gasteiger partial charge in [-0.2, -0.15) is 0 Å².